The van der Waals surface area contributed by atoms with Crippen molar-refractivity contribution in [2.24, 2.45) is 0 Å². The van der Waals surface area contributed by atoms with Crippen LogP contribution in [0.25, 0.3) is 16.3 Å². The molecule has 0 spiro atoms. The van der Waals surface area contributed by atoms with Gasteiger partial charge in [0.15, 0.2) is 5.82 Å². The van der Waals surface area contributed by atoms with Crippen LogP contribution >= 0.6 is 11.3 Å². The zero-order chi connectivity index (χ0) is 13.6. The van der Waals surface area contributed by atoms with E-state index in [1.54, 1.807) is 19.1 Å². The summed E-state index contributed by atoms with van der Waals surface area (Å²) in [6.45, 7) is 1.68. The third kappa shape index (κ3) is 1.88. The van der Waals surface area contributed by atoms with Crippen molar-refractivity contribution in [2.75, 3.05) is 0 Å². The minimum atomic E-state index is -0.988. The fraction of sp³-hybridized carbons (Fsp3) is 0.0833. The van der Waals surface area contributed by atoms with Gasteiger partial charge in [-0.3, -0.25) is 0 Å². The first-order valence-corrected chi connectivity index (χ1v) is 6.23. The van der Waals surface area contributed by atoms with Crippen molar-refractivity contribution in [3.63, 3.8) is 0 Å². The lowest BCUT2D eigenvalue weighted by molar-refractivity contribution is 0.0701. The van der Waals surface area contributed by atoms with Gasteiger partial charge in [0, 0.05) is 5.56 Å². The van der Waals surface area contributed by atoms with Gasteiger partial charge in [-0.05, 0) is 31.2 Å². The van der Waals surface area contributed by atoms with Gasteiger partial charge < -0.3 is 5.11 Å². The zero-order valence-corrected chi connectivity index (χ0v) is 10.6. The summed E-state index contributed by atoms with van der Waals surface area (Å²) in [4.78, 5) is 16.0. The summed E-state index contributed by atoms with van der Waals surface area (Å²) in [5, 5.41) is 13.2. The highest BCUT2D eigenvalue weighted by molar-refractivity contribution is 7.18. The van der Waals surface area contributed by atoms with Crippen LogP contribution in [-0.2, 0) is 0 Å². The van der Waals surface area contributed by atoms with Gasteiger partial charge in [0.25, 0.3) is 0 Å². The van der Waals surface area contributed by atoms with Gasteiger partial charge >= 0.3 is 5.97 Å². The largest absolute Gasteiger partial charge is 0.477 e. The Morgan fingerprint density at radius 1 is 1.37 bits per heavy atom. The lowest BCUT2D eigenvalue weighted by atomic mass is 10.2. The fourth-order valence-electron chi connectivity index (χ4n) is 1.76. The molecule has 96 valence electrons. The molecule has 3 aromatic rings. The predicted octanol–water partition coefficient (Wildman–Crippen LogP) is 2.60. The van der Waals surface area contributed by atoms with E-state index >= 15 is 0 Å². The lowest BCUT2D eigenvalue weighted by Gasteiger charge is -1.94. The third-order valence-corrected chi connectivity index (χ3v) is 3.83. The fourth-order valence-corrected chi connectivity index (χ4v) is 2.66. The Morgan fingerprint density at radius 2 is 2.05 bits per heavy atom. The molecule has 1 N–H and O–H groups in total. The van der Waals surface area contributed by atoms with E-state index in [0.29, 0.717) is 22.0 Å². The number of halogens is 1. The molecule has 1 aromatic carbocycles. The molecule has 5 nitrogen and oxygen atoms in total. The molecule has 0 aliphatic heterocycles. The van der Waals surface area contributed by atoms with Crippen LogP contribution in [0.1, 0.15) is 15.4 Å². The van der Waals surface area contributed by atoms with Crippen LogP contribution in [0, 0.1) is 12.7 Å². The number of benzene rings is 1. The molecule has 0 atom stereocenters. The van der Waals surface area contributed by atoms with Gasteiger partial charge in [-0.1, -0.05) is 11.3 Å². The average molecular weight is 277 g/mol. The van der Waals surface area contributed by atoms with Crippen molar-refractivity contribution < 1.29 is 14.3 Å². The predicted molar refractivity (Wildman–Crippen MR) is 68.0 cm³/mol. The zero-order valence-electron chi connectivity index (χ0n) is 9.79. The number of hydrogen-bond acceptors (Lipinski definition) is 4. The van der Waals surface area contributed by atoms with Gasteiger partial charge in [0.2, 0.25) is 4.96 Å². The number of fused-ring (bicyclic) bond motifs is 1. The van der Waals surface area contributed by atoms with E-state index in [0.717, 1.165) is 11.3 Å². The quantitative estimate of drug-likeness (QED) is 0.781. The Hall–Kier alpha value is -2.28. The minimum Gasteiger partial charge on any atom is -0.477 e. The summed E-state index contributed by atoms with van der Waals surface area (Å²) >= 11 is 1.07. The Bertz CT molecular complexity index is 776. The molecule has 0 fully saturated rings. The second-order valence-electron chi connectivity index (χ2n) is 3.96. The van der Waals surface area contributed by atoms with Crippen LogP contribution in [0.4, 0.5) is 4.39 Å². The van der Waals surface area contributed by atoms with E-state index < -0.39 is 5.97 Å². The molecule has 7 heteroatoms. The first-order valence-electron chi connectivity index (χ1n) is 5.41. The highest BCUT2D eigenvalue weighted by Gasteiger charge is 2.18. The summed E-state index contributed by atoms with van der Waals surface area (Å²) in [5.74, 6) is -0.862. The highest BCUT2D eigenvalue weighted by Crippen LogP contribution is 2.24. The maximum absolute atomic E-state index is 12.8. The summed E-state index contributed by atoms with van der Waals surface area (Å²) in [7, 11) is 0. The molecule has 0 aliphatic rings. The van der Waals surface area contributed by atoms with E-state index in [4.69, 9.17) is 5.11 Å². The summed E-state index contributed by atoms with van der Waals surface area (Å²) in [6, 6.07) is 5.84. The molecule has 2 aromatic heterocycles. The van der Waals surface area contributed by atoms with Crippen molar-refractivity contribution in [3.8, 4) is 11.4 Å². The van der Waals surface area contributed by atoms with Crippen molar-refractivity contribution in [1.29, 1.82) is 0 Å². The van der Waals surface area contributed by atoms with E-state index in [-0.39, 0.29) is 10.7 Å². The maximum Gasteiger partial charge on any atom is 0.347 e. The van der Waals surface area contributed by atoms with Crippen molar-refractivity contribution in [2.45, 2.75) is 6.92 Å². The average Bonchev–Trinajstić information content (AvgIpc) is 2.90. The molecule has 0 unspecified atom stereocenters. The number of aromatic carboxylic acids is 1. The summed E-state index contributed by atoms with van der Waals surface area (Å²) in [6.07, 6.45) is 0. The smallest absolute Gasteiger partial charge is 0.347 e. The topological polar surface area (TPSA) is 67.5 Å². The van der Waals surface area contributed by atoms with Gasteiger partial charge in [-0.15, -0.1) is 5.10 Å². The van der Waals surface area contributed by atoms with Gasteiger partial charge in [-0.25, -0.2) is 13.7 Å². The standard InChI is InChI=1S/C12H8FN3O2S/c1-6-9(11(17)18)19-12-14-10(15-16(6)12)7-2-4-8(13)5-3-7/h2-5H,1H3,(H,17,18). The number of hydrogen-bond donors (Lipinski definition) is 1. The number of nitrogens with zero attached hydrogens (tertiary/aromatic N) is 3. The van der Waals surface area contributed by atoms with E-state index in [9.17, 15) is 9.18 Å². The lowest BCUT2D eigenvalue weighted by Crippen LogP contribution is -1.98. The summed E-state index contributed by atoms with van der Waals surface area (Å²) in [5.41, 5.74) is 1.22. The van der Waals surface area contributed by atoms with Crippen LogP contribution in [0.3, 0.4) is 0 Å². The highest BCUT2D eigenvalue weighted by atomic mass is 32.1. The SMILES string of the molecule is Cc1c(C(=O)O)sc2nc(-c3ccc(F)cc3)nn12. The monoisotopic (exact) mass is 277 g/mol. The minimum absolute atomic E-state index is 0.223. The number of thiazole rings is 1. The third-order valence-electron chi connectivity index (χ3n) is 2.71. The van der Waals surface area contributed by atoms with Crippen LogP contribution < -0.4 is 0 Å². The first-order chi connectivity index (χ1) is 9.06. The molecule has 0 bridgehead atoms. The molecule has 0 saturated heterocycles. The second kappa shape index (κ2) is 4.13. The Kier molecular flexibility index (Phi) is 2.56. The van der Waals surface area contributed by atoms with Crippen LogP contribution in [0.15, 0.2) is 24.3 Å². The van der Waals surface area contributed by atoms with E-state index in [1.165, 1.54) is 16.6 Å². The Labute approximate surface area is 111 Å². The number of carbonyl (C=O) groups is 1. The van der Waals surface area contributed by atoms with Crippen LogP contribution in [-0.4, -0.2) is 25.7 Å². The van der Waals surface area contributed by atoms with Crippen LogP contribution in [0.2, 0.25) is 0 Å². The number of carboxylic acids is 1. The van der Waals surface area contributed by atoms with Crippen LogP contribution in [0.5, 0.6) is 0 Å². The van der Waals surface area contributed by atoms with Crippen molar-refractivity contribution >= 4 is 22.3 Å². The molecule has 0 radical (unpaired) electrons. The molecular formula is C12H8FN3O2S. The van der Waals surface area contributed by atoms with Gasteiger partial charge in [-0.2, -0.15) is 4.98 Å². The molecule has 19 heavy (non-hydrogen) atoms. The van der Waals surface area contributed by atoms with Crippen molar-refractivity contribution in [3.05, 3.63) is 40.7 Å². The molecule has 2 heterocycles. The normalized spacial score (nSPS) is 11.1. The maximum atomic E-state index is 12.8. The Morgan fingerprint density at radius 3 is 2.63 bits per heavy atom. The van der Waals surface area contributed by atoms with Gasteiger partial charge in [0.1, 0.15) is 10.7 Å². The number of rotatable bonds is 2. The Balaban J connectivity index is 2.13. The van der Waals surface area contributed by atoms with E-state index in [2.05, 4.69) is 10.1 Å². The molecule has 0 aliphatic carbocycles. The number of aryl methyl sites for hydroxylation is 1. The first kappa shape index (κ1) is 11.8. The number of aromatic nitrogens is 3. The molecule has 0 saturated carbocycles. The second-order valence-corrected chi connectivity index (χ2v) is 4.94. The van der Waals surface area contributed by atoms with Crippen molar-refractivity contribution in [1.82, 2.24) is 14.6 Å². The van der Waals surface area contributed by atoms with Gasteiger partial charge in [0.05, 0.1) is 5.69 Å². The van der Waals surface area contributed by atoms with E-state index in [1.807, 2.05) is 0 Å². The molecule has 3 rings (SSSR count). The summed E-state index contributed by atoms with van der Waals surface area (Å²) < 4.78 is 14.3. The molecule has 0 amide bonds. The molecular weight excluding hydrogens is 269 g/mol. The number of carboxylic acid groups (broad SMARTS) is 1.